The largest absolute Gasteiger partial charge is 0.432 e. The van der Waals surface area contributed by atoms with Gasteiger partial charge in [0.1, 0.15) is 5.75 Å². The van der Waals surface area contributed by atoms with E-state index in [4.69, 9.17) is 16.3 Å². The molecule has 0 heterocycles. The summed E-state index contributed by atoms with van der Waals surface area (Å²) in [6, 6.07) is 28.9. The van der Waals surface area contributed by atoms with E-state index in [1.807, 2.05) is 91.0 Å². The van der Waals surface area contributed by atoms with Gasteiger partial charge in [-0.05, 0) is 35.1 Å². The van der Waals surface area contributed by atoms with Crippen LogP contribution < -0.4 is 14.9 Å². The van der Waals surface area contributed by atoms with Crippen molar-refractivity contribution in [2.75, 3.05) is 0 Å². The van der Waals surface area contributed by atoms with Crippen LogP contribution in [0.1, 0.15) is 11.1 Å². The van der Waals surface area contributed by atoms with Crippen LogP contribution >= 0.6 is 6.57 Å². The first-order valence-electron chi connectivity index (χ1n) is 8.29. The lowest BCUT2D eigenvalue weighted by molar-refractivity contribution is 0.583. The SMILES string of the molecule is S=P(NN=Cc1ccccc1)(NN=Cc1ccccc1)Oc1ccccc1. The maximum Gasteiger partial charge on any atom is 0.331 e. The van der Waals surface area contributed by atoms with Gasteiger partial charge in [0.25, 0.3) is 0 Å². The number of para-hydroxylation sites is 1. The van der Waals surface area contributed by atoms with Crippen LogP contribution in [0, 0.1) is 0 Å². The van der Waals surface area contributed by atoms with Crippen molar-refractivity contribution in [2.24, 2.45) is 10.2 Å². The van der Waals surface area contributed by atoms with Gasteiger partial charge in [-0.2, -0.15) is 10.2 Å². The standard InChI is InChI=1S/C20H19N4OPS/c27-26(25-20-14-8-3-9-15-20,23-21-16-18-10-4-1-5-11-18)24-22-17-19-12-6-2-7-13-19/h1-17H,(H2,23,24,27). The van der Waals surface area contributed by atoms with Crippen LogP contribution in [0.3, 0.4) is 0 Å². The fourth-order valence-electron chi connectivity index (χ4n) is 2.13. The lowest BCUT2D eigenvalue weighted by Gasteiger charge is -2.21. The molecule has 5 nitrogen and oxygen atoms in total. The first kappa shape index (κ1) is 18.8. The third kappa shape index (κ3) is 6.37. The molecule has 3 aromatic carbocycles. The molecule has 0 atom stereocenters. The second-order valence-corrected chi connectivity index (χ2v) is 8.72. The zero-order chi connectivity index (χ0) is 18.8. The topological polar surface area (TPSA) is 58.0 Å². The molecule has 136 valence electrons. The van der Waals surface area contributed by atoms with E-state index in [1.54, 1.807) is 12.4 Å². The molecule has 0 saturated carbocycles. The second-order valence-electron chi connectivity index (χ2n) is 5.49. The van der Waals surface area contributed by atoms with Gasteiger partial charge in [0.15, 0.2) is 0 Å². The Bertz CT molecular complexity index is 878. The van der Waals surface area contributed by atoms with Crippen molar-refractivity contribution in [1.29, 1.82) is 0 Å². The average Bonchev–Trinajstić information content (AvgIpc) is 2.70. The maximum absolute atomic E-state index is 5.95. The van der Waals surface area contributed by atoms with Gasteiger partial charge in [0.2, 0.25) is 0 Å². The van der Waals surface area contributed by atoms with Gasteiger partial charge in [-0.15, -0.1) is 0 Å². The maximum atomic E-state index is 5.95. The van der Waals surface area contributed by atoms with E-state index in [0.29, 0.717) is 5.75 Å². The predicted octanol–water partition coefficient (Wildman–Crippen LogP) is 4.54. The number of hydrogen-bond acceptors (Lipinski definition) is 4. The van der Waals surface area contributed by atoms with E-state index in [9.17, 15) is 0 Å². The predicted molar refractivity (Wildman–Crippen MR) is 116 cm³/mol. The summed E-state index contributed by atoms with van der Waals surface area (Å²) >= 11 is 5.65. The fraction of sp³-hybridized carbons (Fsp3) is 0. The molecule has 0 saturated heterocycles. The Kier molecular flexibility index (Phi) is 6.74. The molecule has 0 amide bonds. The molecule has 0 radical (unpaired) electrons. The molecule has 3 rings (SSSR count). The van der Waals surface area contributed by atoms with Gasteiger partial charge in [0, 0.05) is 0 Å². The first-order valence-corrected chi connectivity index (χ1v) is 11.0. The summed E-state index contributed by atoms with van der Waals surface area (Å²) in [6.45, 7) is -2.78. The molecular weight excluding hydrogens is 375 g/mol. The Balaban J connectivity index is 1.72. The van der Waals surface area contributed by atoms with Crippen molar-refractivity contribution in [3.8, 4) is 5.75 Å². The number of hydrazone groups is 2. The van der Waals surface area contributed by atoms with Gasteiger partial charge in [0.05, 0.1) is 12.4 Å². The molecule has 2 N–H and O–H groups in total. The quantitative estimate of drug-likeness (QED) is 0.335. The number of hydrogen-bond donors (Lipinski definition) is 2. The van der Waals surface area contributed by atoms with Crippen LogP contribution in [-0.2, 0) is 11.8 Å². The molecule has 0 aliphatic carbocycles. The summed E-state index contributed by atoms with van der Waals surface area (Å²) in [5.41, 5.74) is 1.91. The van der Waals surface area contributed by atoms with E-state index in [2.05, 4.69) is 20.6 Å². The van der Waals surface area contributed by atoms with E-state index in [1.165, 1.54) is 0 Å². The summed E-state index contributed by atoms with van der Waals surface area (Å²) in [4.78, 5) is 0. The van der Waals surface area contributed by atoms with Crippen molar-refractivity contribution in [2.45, 2.75) is 0 Å². The Hall–Kier alpha value is -2.95. The zero-order valence-corrected chi connectivity index (χ0v) is 16.2. The third-order valence-corrected chi connectivity index (χ3v) is 5.32. The van der Waals surface area contributed by atoms with Crippen LogP contribution in [0.2, 0.25) is 0 Å². The number of rotatable bonds is 8. The Morgan fingerprint density at radius 2 is 1.07 bits per heavy atom. The van der Waals surface area contributed by atoms with E-state index < -0.39 is 6.57 Å². The summed E-state index contributed by atoms with van der Waals surface area (Å²) in [6.07, 6.45) is 3.38. The van der Waals surface area contributed by atoms with Crippen LogP contribution in [0.4, 0.5) is 0 Å². The van der Waals surface area contributed by atoms with Gasteiger partial charge >= 0.3 is 6.57 Å². The van der Waals surface area contributed by atoms with E-state index >= 15 is 0 Å². The molecule has 0 fully saturated rings. The van der Waals surface area contributed by atoms with Crippen molar-refractivity contribution >= 4 is 30.8 Å². The van der Waals surface area contributed by atoms with E-state index in [0.717, 1.165) is 11.1 Å². The Morgan fingerprint density at radius 1 is 0.667 bits per heavy atom. The average molecular weight is 394 g/mol. The van der Waals surface area contributed by atoms with Gasteiger partial charge < -0.3 is 4.52 Å². The van der Waals surface area contributed by atoms with Crippen LogP contribution in [0.5, 0.6) is 5.75 Å². The van der Waals surface area contributed by atoms with Gasteiger partial charge in [-0.1, -0.05) is 78.9 Å². The van der Waals surface area contributed by atoms with Crippen molar-refractivity contribution < 1.29 is 4.52 Å². The zero-order valence-electron chi connectivity index (χ0n) is 14.5. The second kappa shape index (κ2) is 9.67. The summed E-state index contributed by atoms with van der Waals surface area (Å²) in [7, 11) is 0. The molecule has 0 bridgehead atoms. The highest BCUT2D eigenvalue weighted by molar-refractivity contribution is 8.10. The third-order valence-electron chi connectivity index (χ3n) is 3.38. The van der Waals surface area contributed by atoms with E-state index in [-0.39, 0.29) is 0 Å². The van der Waals surface area contributed by atoms with Crippen LogP contribution in [0.25, 0.3) is 0 Å². The number of nitrogens with zero attached hydrogens (tertiary/aromatic N) is 2. The Labute approximate surface area is 164 Å². The van der Waals surface area contributed by atoms with Crippen molar-refractivity contribution in [1.82, 2.24) is 10.4 Å². The van der Waals surface area contributed by atoms with Gasteiger partial charge in [-0.3, -0.25) is 0 Å². The molecule has 0 spiro atoms. The monoisotopic (exact) mass is 394 g/mol. The minimum absolute atomic E-state index is 0.644. The molecule has 7 heteroatoms. The highest BCUT2D eigenvalue weighted by Gasteiger charge is 2.17. The molecule has 0 unspecified atom stereocenters. The van der Waals surface area contributed by atoms with Crippen molar-refractivity contribution in [3.05, 3.63) is 102 Å². The summed E-state index contributed by atoms with van der Waals surface area (Å²) in [5, 5.41) is 14.3. The Morgan fingerprint density at radius 3 is 1.52 bits per heavy atom. The minimum Gasteiger partial charge on any atom is -0.432 e. The lowest BCUT2D eigenvalue weighted by Crippen LogP contribution is -2.19. The minimum atomic E-state index is -2.78. The highest BCUT2D eigenvalue weighted by Crippen LogP contribution is 2.39. The molecule has 27 heavy (non-hydrogen) atoms. The van der Waals surface area contributed by atoms with Gasteiger partial charge in [-0.25, -0.2) is 10.4 Å². The molecule has 0 aromatic heterocycles. The summed E-state index contributed by atoms with van der Waals surface area (Å²) in [5.74, 6) is 0.644. The molecule has 0 aliphatic heterocycles. The smallest absolute Gasteiger partial charge is 0.331 e. The van der Waals surface area contributed by atoms with Crippen molar-refractivity contribution in [3.63, 3.8) is 0 Å². The normalized spacial score (nSPS) is 13.3. The summed E-state index contributed by atoms with van der Waals surface area (Å²) < 4.78 is 5.95. The van der Waals surface area contributed by atoms with Crippen LogP contribution in [-0.4, -0.2) is 12.4 Å². The lowest BCUT2D eigenvalue weighted by atomic mass is 10.2. The number of benzene rings is 3. The highest BCUT2D eigenvalue weighted by atomic mass is 32.4. The fourth-order valence-corrected chi connectivity index (χ4v) is 3.64. The molecule has 3 aromatic rings. The van der Waals surface area contributed by atoms with Crippen LogP contribution in [0.15, 0.2) is 101 Å². The number of nitrogens with one attached hydrogen (secondary N) is 2. The first-order chi connectivity index (χ1) is 13.2. The molecule has 0 aliphatic rings. The molecular formula is C20H19N4OPS.